The Hall–Kier alpha value is -3.34. The van der Waals surface area contributed by atoms with Crippen LogP contribution < -0.4 is 10.9 Å². The lowest BCUT2D eigenvalue weighted by atomic mass is 10.1. The van der Waals surface area contributed by atoms with E-state index in [9.17, 15) is 17.6 Å². The Labute approximate surface area is 212 Å². The van der Waals surface area contributed by atoms with Crippen LogP contribution in [0.1, 0.15) is 12.8 Å². The second kappa shape index (κ2) is 9.61. The lowest BCUT2D eigenvalue weighted by molar-refractivity contribution is 0.331. The van der Waals surface area contributed by atoms with Crippen LogP contribution in [0.2, 0.25) is 5.02 Å². The minimum absolute atomic E-state index is 0.0196. The number of halogens is 2. The third-order valence-corrected chi connectivity index (χ3v) is 7.88. The van der Waals surface area contributed by atoms with Crippen molar-refractivity contribution in [3.63, 3.8) is 0 Å². The summed E-state index contributed by atoms with van der Waals surface area (Å²) in [7, 11) is -3.23. The Morgan fingerprint density at radius 2 is 1.75 bits per heavy atom. The SMILES string of the molecule is CS(=O)(=O)N1CCC(Nc2ncc3cc(-c4ccccc4Cl)c(=O)n(-c4ccc(F)cc4)c3n2)CC1. The molecule has 1 aliphatic heterocycles. The molecule has 0 bridgehead atoms. The van der Waals surface area contributed by atoms with E-state index in [1.54, 1.807) is 36.5 Å². The molecule has 11 heteroatoms. The summed E-state index contributed by atoms with van der Waals surface area (Å²) in [6, 6.07) is 14.3. The molecule has 2 aromatic carbocycles. The van der Waals surface area contributed by atoms with Gasteiger partial charge in [-0.1, -0.05) is 29.8 Å². The molecule has 8 nitrogen and oxygen atoms in total. The van der Waals surface area contributed by atoms with Gasteiger partial charge in [-0.25, -0.2) is 22.1 Å². The third kappa shape index (κ3) is 4.84. The number of rotatable bonds is 5. The molecule has 0 atom stereocenters. The first-order chi connectivity index (χ1) is 17.2. The fourth-order valence-electron chi connectivity index (χ4n) is 4.38. The van der Waals surface area contributed by atoms with Crippen LogP contribution in [0, 0.1) is 5.82 Å². The first kappa shape index (κ1) is 24.4. The Balaban J connectivity index is 1.58. The molecule has 0 saturated carbocycles. The molecule has 0 unspecified atom stereocenters. The maximum atomic E-state index is 13.7. The van der Waals surface area contributed by atoms with E-state index in [0.717, 1.165) is 0 Å². The molecule has 2 aromatic heterocycles. The van der Waals surface area contributed by atoms with E-state index in [2.05, 4.69) is 15.3 Å². The highest BCUT2D eigenvalue weighted by Crippen LogP contribution is 2.28. The Bertz CT molecular complexity index is 1600. The average molecular weight is 528 g/mol. The molecule has 4 aromatic rings. The lowest BCUT2D eigenvalue weighted by Gasteiger charge is -2.30. The van der Waals surface area contributed by atoms with Gasteiger partial charge in [-0.15, -0.1) is 0 Å². The summed E-state index contributed by atoms with van der Waals surface area (Å²) < 4.78 is 40.1. The second-order valence-corrected chi connectivity index (χ2v) is 11.1. The number of benzene rings is 2. The van der Waals surface area contributed by atoms with Crippen LogP contribution in [0.3, 0.4) is 0 Å². The molecule has 5 rings (SSSR count). The van der Waals surface area contributed by atoms with Crippen molar-refractivity contribution in [2.45, 2.75) is 18.9 Å². The topological polar surface area (TPSA) is 97.2 Å². The number of hydrogen-bond acceptors (Lipinski definition) is 6. The van der Waals surface area contributed by atoms with Gasteiger partial charge >= 0.3 is 0 Å². The van der Waals surface area contributed by atoms with Crippen molar-refractivity contribution < 1.29 is 12.8 Å². The number of aromatic nitrogens is 3. The van der Waals surface area contributed by atoms with Gasteiger partial charge < -0.3 is 5.32 Å². The monoisotopic (exact) mass is 527 g/mol. The summed E-state index contributed by atoms with van der Waals surface area (Å²) in [6.07, 6.45) is 4.03. The summed E-state index contributed by atoms with van der Waals surface area (Å²) in [5.41, 5.74) is 1.39. The molecule has 0 radical (unpaired) electrons. The number of piperidine rings is 1. The molecule has 36 heavy (non-hydrogen) atoms. The van der Waals surface area contributed by atoms with Crippen LogP contribution in [0.4, 0.5) is 10.3 Å². The number of hydrogen-bond donors (Lipinski definition) is 1. The fourth-order valence-corrected chi connectivity index (χ4v) is 5.49. The van der Waals surface area contributed by atoms with Gasteiger partial charge in [0.25, 0.3) is 5.56 Å². The largest absolute Gasteiger partial charge is 0.351 e. The zero-order chi connectivity index (χ0) is 25.4. The lowest BCUT2D eigenvalue weighted by Crippen LogP contribution is -2.42. The molecule has 186 valence electrons. The summed E-state index contributed by atoms with van der Waals surface area (Å²) >= 11 is 6.39. The summed E-state index contributed by atoms with van der Waals surface area (Å²) in [5.74, 6) is -0.100. The summed E-state index contributed by atoms with van der Waals surface area (Å²) in [6.45, 7) is 0.817. The van der Waals surface area contributed by atoms with Crippen molar-refractivity contribution in [3.05, 3.63) is 82.0 Å². The molecule has 3 heterocycles. The Morgan fingerprint density at radius 1 is 1.06 bits per heavy atom. The van der Waals surface area contributed by atoms with Crippen molar-refractivity contribution in [2.75, 3.05) is 24.7 Å². The van der Waals surface area contributed by atoms with Crippen LogP contribution in [0.25, 0.3) is 27.8 Å². The first-order valence-electron chi connectivity index (χ1n) is 11.4. The summed E-state index contributed by atoms with van der Waals surface area (Å²) in [5, 5.41) is 4.30. The predicted octanol–water partition coefficient (Wildman–Crippen LogP) is 4.08. The van der Waals surface area contributed by atoms with Gasteiger partial charge in [0.1, 0.15) is 5.82 Å². The number of pyridine rings is 1. The molecule has 1 N–H and O–H groups in total. The van der Waals surface area contributed by atoms with E-state index in [1.165, 1.54) is 39.4 Å². The van der Waals surface area contributed by atoms with E-state index in [0.29, 0.717) is 64.7 Å². The van der Waals surface area contributed by atoms with Gasteiger partial charge in [-0.3, -0.25) is 9.36 Å². The van der Waals surface area contributed by atoms with Gasteiger partial charge in [-0.05, 0) is 49.2 Å². The quantitative estimate of drug-likeness (QED) is 0.420. The zero-order valence-corrected chi connectivity index (χ0v) is 20.9. The second-order valence-electron chi connectivity index (χ2n) is 8.71. The van der Waals surface area contributed by atoms with Crippen molar-refractivity contribution in [1.29, 1.82) is 0 Å². The fraction of sp³-hybridized carbons (Fsp3) is 0.240. The zero-order valence-electron chi connectivity index (χ0n) is 19.4. The van der Waals surface area contributed by atoms with Crippen molar-refractivity contribution in [3.8, 4) is 16.8 Å². The van der Waals surface area contributed by atoms with Crippen LogP contribution in [0.5, 0.6) is 0 Å². The number of nitrogens with zero attached hydrogens (tertiary/aromatic N) is 4. The average Bonchev–Trinajstić information content (AvgIpc) is 2.85. The highest BCUT2D eigenvalue weighted by atomic mass is 35.5. The Morgan fingerprint density at radius 3 is 2.42 bits per heavy atom. The van der Waals surface area contributed by atoms with E-state index < -0.39 is 15.8 Å². The smallest absolute Gasteiger partial charge is 0.264 e. The molecule has 0 spiro atoms. The van der Waals surface area contributed by atoms with E-state index in [4.69, 9.17) is 11.6 Å². The van der Waals surface area contributed by atoms with Crippen LogP contribution >= 0.6 is 11.6 Å². The van der Waals surface area contributed by atoms with Gasteiger partial charge in [0.15, 0.2) is 5.65 Å². The van der Waals surface area contributed by atoms with Crippen LogP contribution in [0.15, 0.2) is 65.6 Å². The minimum atomic E-state index is -3.23. The highest BCUT2D eigenvalue weighted by Gasteiger charge is 2.25. The normalized spacial score (nSPS) is 15.3. The highest BCUT2D eigenvalue weighted by molar-refractivity contribution is 7.88. The van der Waals surface area contributed by atoms with E-state index in [1.807, 2.05) is 0 Å². The number of fused-ring (bicyclic) bond motifs is 1. The van der Waals surface area contributed by atoms with Crippen molar-refractivity contribution in [2.24, 2.45) is 0 Å². The molecular formula is C25H23ClFN5O3S. The van der Waals surface area contributed by atoms with Gasteiger partial charge in [0.2, 0.25) is 16.0 Å². The predicted molar refractivity (Wildman–Crippen MR) is 139 cm³/mol. The number of sulfonamides is 1. The van der Waals surface area contributed by atoms with Crippen molar-refractivity contribution >= 4 is 38.6 Å². The summed E-state index contributed by atoms with van der Waals surface area (Å²) in [4.78, 5) is 22.8. The van der Waals surface area contributed by atoms with Gasteiger partial charge in [0, 0.05) is 46.9 Å². The molecule has 1 fully saturated rings. The number of anilines is 1. The minimum Gasteiger partial charge on any atom is -0.351 e. The molecular weight excluding hydrogens is 505 g/mol. The molecule has 1 saturated heterocycles. The standard InChI is InChI=1S/C25H23ClFN5O3S/c1-36(34,35)31-12-10-18(11-13-31)29-25-28-15-16-14-21(20-4-2-3-5-22(20)26)24(33)32(23(16)30-25)19-8-6-17(27)7-9-19/h2-9,14-15,18H,10-13H2,1H3,(H,28,29,30). The van der Waals surface area contributed by atoms with Gasteiger partial charge in [0.05, 0.1) is 11.9 Å². The third-order valence-electron chi connectivity index (χ3n) is 6.25. The maximum absolute atomic E-state index is 13.7. The molecule has 0 aliphatic carbocycles. The van der Waals surface area contributed by atoms with Gasteiger partial charge in [-0.2, -0.15) is 4.98 Å². The maximum Gasteiger partial charge on any atom is 0.264 e. The number of nitrogens with one attached hydrogen (secondary N) is 1. The molecule has 1 aliphatic rings. The van der Waals surface area contributed by atoms with E-state index >= 15 is 0 Å². The van der Waals surface area contributed by atoms with Crippen molar-refractivity contribution in [1.82, 2.24) is 18.8 Å². The first-order valence-corrected chi connectivity index (χ1v) is 13.6. The Kier molecular flexibility index (Phi) is 6.50. The van der Waals surface area contributed by atoms with Crippen LogP contribution in [-0.2, 0) is 10.0 Å². The molecule has 0 amide bonds. The van der Waals surface area contributed by atoms with E-state index in [-0.39, 0.29) is 11.6 Å². The van der Waals surface area contributed by atoms with Crippen LogP contribution in [-0.4, -0.2) is 52.6 Å².